The number of carbonyl (C=O) groups is 1. The van der Waals surface area contributed by atoms with Gasteiger partial charge < -0.3 is 10.5 Å². The lowest BCUT2D eigenvalue weighted by molar-refractivity contribution is -0.144. The molecule has 0 aliphatic carbocycles. The van der Waals surface area contributed by atoms with E-state index >= 15 is 0 Å². The molecule has 2 rings (SSSR count). The highest BCUT2D eigenvalue weighted by Gasteiger charge is 2.36. The van der Waals surface area contributed by atoms with Crippen LogP contribution in [0.4, 0.5) is 0 Å². The Hall–Kier alpha value is -2.13. The van der Waals surface area contributed by atoms with E-state index in [9.17, 15) is 4.79 Å². The Bertz CT molecular complexity index is 759. The van der Waals surface area contributed by atoms with Crippen LogP contribution in [0.25, 0.3) is 0 Å². The SMILES string of the molecule is CCCC(=O)OCc1cc[c]c(C(CC(N)(C(C)C)C(C)C)c2ccccc2)c1. The molecule has 0 fully saturated rings. The standard InChI is InChI=1S/C26H36NO2/c1-6-11-25(28)29-18-21-12-10-15-23(16-21)24(22-13-8-7-9-14-22)17-26(27,19(2)3)20(4)5/h7-10,12-14,16,19-20,24H,6,11,17-18,27H2,1-5H3. The van der Waals surface area contributed by atoms with Crippen molar-refractivity contribution < 1.29 is 9.53 Å². The summed E-state index contributed by atoms with van der Waals surface area (Å²) in [6.07, 6.45) is 2.09. The Balaban J connectivity index is 2.35. The summed E-state index contributed by atoms with van der Waals surface area (Å²) in [5.41, 5.74) is 9.97. The van der Waals surface area contributed by atoms with Crippen LogP contribution in [0, 0.1) is 17.9 Å². The highest BCUT2D eigenvalue weighted by molar-refractivity contribution is 5.69. The topological polar surface area (TPSA) is 52.3 Å². The number of hydrogen-bond donors (Lipinski definition) is 1. The van der Waals surface area contributed by atoms with Crippen LogP contribution in [-0.4, -0.2) is 11.5 Å². The van der Waals surface area contributed by atoms with Crippen LogP contribution in [0.3, 0.4) is 0 Å². The third kappa shape index (κ3) is 6.17. The van der Waals surface area contributed by atoms with E-state index < -0.39 is 0 Å². The second-order valence-electron chi connectivity index (χ2n) is 8.65. The van der Waals surface area contributed by atoms with E-state index in [1.807, 2.05) is 25.1 Å². The molecule has 2 N–H and O–H groups in total. The van der Waals surface area contributed by atoms with E-state index in [1.165, 1.54) is 5.56 Å². The Morgan fingerprint density at radius 2 is 1.76 bits per heavy atom. The Kier molecular flexibility index (Phi) is 8.45. The van der Waals surface area contributed by atoms with E-state index in [0.717, 1.165) is 24.0 Å². The molecule has 1 atom stereocenters. The van der Waals surface area contributed by atoms with E-state index in [2.05, 4.69) is 64.1 Å². The highest BCUT2D eigenvalue weighted by Crippen LogP contribution is 2.38. The molecule has 157 valence electrons. The van der Waals surface area contributed by atoms with Gasteiger partial charge in [-0.1, -0.05) is 83.1 Å². The minimum Gasteiger partial charge on any atom is -0.461 e. The zero-order valence-electron chi connectivity index (χ0n) is 18.6. The van der Waals surface area contributed by atoms with Gasteiger partial charge in [-0.25, -0.2) is 0 Å². The van der Waals surface area contributed by atoms with Gasteiger partial charge in [0.15, 0.2) is 0 Å². The predicted octanol–water partition coefficient (Wildman–Crippen LogP) is 5.86. The summed E-state index contributed by atoms with van der Waals surface area (Å²) in [6, 6.07) is 19.9. The minimum absolute atomic E-state index is 0.136. The minimum atomic E-state index is -0.294. The quantitative estimate of drug-likeness (QED) is 0.513. The van der Waals surface area contributed by atoms with Crippen molar-refractivity contribution in [3.63, 3.8) is 0 Å². The van der Waals surface area contributed by atoms with Gasteiger partial charge in [-0.05, 0) is 47.4 Å². The van der Waals surface area contributed by atoms with Crippen LogP contribution in [0.1, 0.15) is 76.5 Å². The molecule has 29 heavy (non-hydrogen) atoms. The van der Waals surface area contributed by atoms with Gasteiger partial charge in [0.25, 0.3) is 0 Å². The molecule has 0 saturated heterocycles. The summed E-state index contributed by atoms with van der Waals surface area (Å²) < 4.78 is 5.41. The van der Waals surface area contributed by atoms with Crippen LogP contribution >= 0.6 is 0 Å². The van der Waals surface area contributed by atoms with Crippen LogP contribution < -0.4 is 5.73 Å². The number of carbonyl (C=O) groups excluding carboxylic acids is 1. The van der Waals surface area contributed by atoms with E-state index in [1.54, 1.807) is 0 Å². The Morgan fingerprint density at radius 1 is 1.10 bits per heavy atom. The molecule has 0 aliphatic rings. The first-order valence-corrected chi connectivity index (χ1v) is 10.8. The van der Waals surface area contributed by atoms with E-state index in [-0.39, 0.29) is 17.4 Å². The number of esters is 1. The molecule has 0 heterocycles. The number of benzene rings is 2. The fourth-order valence-electron chi connectivity index (χ4n) is 3.85. The highest BCUT2D eigenvalue weighted by atomic mass is 16.5. The zero-order chi connectivity index (χ0) is 21.4. The monoisotopic (exact) mass is 394 g/mol. The summed E-state index contributed by atoms with van der Waals surface area (Å²) in [6.45, 7) is 11.1. The molecule has 1 radical (unpaired) electrons. The van der Waals surface area contributed by atoms with E-state index in [0.29, 0.717) is 24.9 Å². The maximum Gasteiger partial charge on any atom is 0.306 e. The van der Waals surface area contributed by atoms with Crippen molar-refractivity contribution in [1.29, 1.82) is 0 Å². The van der Waals surface area contributed by atoms with Gasteiger partial charge in [-0.15, -0.1) is 0 Å². The van der Waals surface area contributed by atoms with Crippen molar-refractivity contribution in [3.8, 4) is 0 Å². The van der Waals surface area contributed by atoms with E-state index in [4.69, 9.17) is 10.5 Å². The molecule has 1 unspecified atom stereocenters. The van der Waals surface area contributed by atoms with Crippen molar-refractivity contribution in [2.75, 3.05) is 0 Å². The molecular formula is C26H36NO2. The normalized spacial score (nSPS) is 13.0. The lowest BCUT2D eigenvalue weighted by Gasteiger charge is -2.41. The first-order valence-electron chi connectivity index (χ1n) is 10.8. The first kappa shape index (κ1) is 23.2. The fraction of sp³-hybridized carbons (Fsp3) is 0.500. The Labute approximate surface area is 176 Å². The third-order valence-corrected chi connectivity index (χ3v) is 6.03. The van der Waals surface area contributed by atoms with Crippen molar-refractivity contribution >= 4 is 5.97 Å². The average Bonchev–Trinajstić information content (AvgIpc) is 2.71. The van der Waals surface area contributed by atoms with Gasteiger partial charge in [0.2, 0.25) is 0 Å². The maximum absolute atomic E-state index is 11.7. The van der Waals surface area contributed by atoms with Gasteiger partial charge in [-0.3, -0.25) is 4.79 Å². The lowest BCUT2D eigenvalue weighted by Crippen LogP contribution is -2.51. The summed E-state index contributed by atoms with van der Waals surface area (Å²) in [4.78, 5) is 11.7. The number of hydrogen-bond acceptors (Lipinski definition) is 3. The third-order valence-electron chi connectivity index (χ3n) is 6.03. The van der Waals surface area contributed by atoms with Crippen LogP contribution in [0.5, 0.6) is 0 Å². The molecule has 0 spiro atoms. The molecule has 0 aliphatic heterocycles. The van der Waals surface area contributed by atoms with Gasteiger partial charge in [0, 0.05) is 17.9 Å². The lowest BCUT2D eigenvalue weighted by atomic mass is 9.69. The van der Waals surface area contributed by atoms with Crippen LogP contribution in [0.2, 0.25) is 0 Å². The average molecular weight is 395 g/mol. The molecule has 0 amide bonds. The molecule has 3 heteroatoms. The predicted molar refractivity (Wildman–Crippen MR) is 119 cm³/mol. The number of rotatable bonds is 10. The molecule has 3 nitrogen and oxygen atoms in total. The number of nitrogens with two attached hydrogens (primary N) is 1. The summed E-state index contributed by atoms with van der Waals surface area (Å²) >= 11 is 0. The molecule has 2 aromatic rings. The molecular weight excluding hydrogens is 358 g/mol. The van der Waals surface area contributed by atoms with Crippen LogP contribution in [-0.2, 0) is 16.1 Å². The fourth-order valence-corrected chi connectivity index (χ4v) is 3.85. The van der Waals surface area contributed by atoms with Gasteiger partial charge in [0.1, 0.15) is 6.61 Å². The largest absolute Gasteiger partial charge is 0.461 e. The maximum atomic E-state index is 11.7. The number of ether oxygens (including phenoxy) is 1. The van der Waals surface area contributed by atoms with Gasteiger partial charge in [0.05, 0.1) is 0 Å². The van der Waals surface area contributed by atoms with Crippen LogP contribution in [0.15, 0.2) is 48.5 Å². The van der Waals surface area contributed by atoms with Crippen molar-refractivity contribution in [1.82, 2.24) is 0 Å². The summed E-state index contributed by atoms with van der Waals surface area (Å²) in [5.74, 6) is 0.693. The molecule has 0 bridgehead atoms. The van der Waals surface area contributed by atoms with Gasteiger partial charge in [-0.2, -0.15) is 0 Å². The first-order chi connectivity index (χ1) is 13.8. The summed E-state index contributed by atoms with van der Waals surface area (Å²) in [7, 11) is 0. The summed E-state index contributed by atoms with van der Waals surface area (Å²) in [5, 5.41) is 0. The smallest absolute Gasteiger partial charge is 0.306 e. The second-order valence-corrected chi connectivity index (χ2v) is 8.65. The molecule has 0 saturated carbocycles. The Morgan fingerprint density at radius 3 is 2.34 bits per heavy atom. The second kappa shape index (κ2) is 10.6. The van der Waals surface area contributed by atoms with Crippen molar-refractivity contribution in [2.24, 2.45) is 17.6 Å². The van der Waals surface area contributed by atoms with Gasteiger partial charge >= 0.3 is 5.97 Å². The molecule has 2 aromatic carbocycles. The zero-order valence-corrected chi connectivity index (χ0v) is 18.6. The van der Waals surface area contributed by atoms with Crippen molar-refractivity contribution in [2.45, 2.75) is 71.9 Å². The molecule has 0 aromatic heterocycles. The van der Waals surface area contributed by atoms with Crippen molar-refractivity contribution in [3.05, 3.63) is 71.3 Å².